The van der Waals surface area contributed by atoms with Gasteiger partial charge in [0.25, 0.3) is 5.91 Å². The van der Waals surface area contributed by atoms with E-state index in [1.54, 1.807) is 18.3 Å². The first-order chi connectivity index (χ1) is 14.8. The van der Waals surface area contributed by atoms with Gasteiger partial charge in [-0.1, -0.05) is 0 Å². The first-order valence-corrected chi connectivity index (χ1v) is 10.7. The van der Waals surface area contributed by atoms with E-state index in [1.165, 1.54) is 4.90 Å². The van der Waals surface area contributed by atoms with Crippen molar-refractivity contribution in [1.82, 2.24) is 10.3 Å². The molecule has 160 valence electrons. The topological polar surface area (TPSA) is 74.1 Å². The largest absolute Gasteiger partial charge is 0.491 e. The van der Waals surface area contributed by atoms with Gasteiger partial charge in [0, 0.05) is 30.1 Å². The summed E-state index contributed by atoms with van der Waals surface area (Å²) in [6.45, 7) is 5.26. The number of quaternary nitrogens is 1. The Hall–Kier alpha value is -2.48. The lowest BCUT2D eigenvalue weighted by atomic mass is 10.1. The summed E-state index contributed by atoms with van der Waals surface area (Å²) in [7, 11) is 0. The molecule has 0 radical (unpaired) electrons. The molecule has 1 aromatic carbocycles. The van der Waals surface area contributed by atoms with Gasteiger partial charge in [0.15, 0.2) is 0 Å². The number of morpholine rings is 1. The number of benzene rings is 1. The first-order valence-electron chi connectivity index (χ1n) is 10.7. The van der Waals surface area contributed by atoms with Gasteiger partial charge in [0.2, 0.25) is 0 Å². The standard InChI is InChI=1S/C23H29N3O4/c27-23(18-5-7-20(8-6-18)30-17-21-4-2-12-29-21)25-16-22(19-3-1-9-24-15-19)26-10-13-28-14-11-26/h1,3,5-9,15,21-22H,2,4,10-14,16-17H2,(H,25,27)/p+1/t21-,22+/m1/s1. The number of rotatable bonds is 8. The number of amides is 1. The van der Waals surface area contributed by atoms with E-state index >= 15 is 0 Å². The fourth-order valence-corrected chi connectivity index (χ4v) is 4.03. The van der Waals surface area contributed by atoms with Gasteiger partial charge in [-0.15, -0.1) is 0 Å². The van der Waals surface area contributed by atoms with E-state index in [2.05, 4.69) is 16.4 Å². The van der Waals surface area contributed by atoms with Gasteiger partial charge in [0.1, 0.15) is 31.5 Å². The molecule has 0 bridgehead atoms. The number of aromatic nitrogens is 1. The van der Waals surface area contributed by atoms with Crippen LogP contribution in [0.3, 0.4) is 0 Å². The Morgan fingerprint density at radius 1 is 1.20 bits per heavy atom. The minimum absolute atomic E-state index is 0.0813. The quantitative estimate of drug-likeness (QED) is 0.678. The zero-order valence-electron chi connectivity index (χ0n) is 17.2. The van der Waals surface area contributed by atoms with Crippen LogP contribution in [0.2, 0.25) is 0 Å². The Kier molecular flexibility index (Phi) is 7.29. The zero-order valence-corrected chi connectivity index (χ0v) is 17.2. The average molecular weight is 413 g/mol. The van der Waals surface area contributed by atoms with Gasteiger partial charge in [-0.25, -0.2) is 0 Å². The summed E-state index contributed by atoms with van der Waals surface area (Å²) in [6, 6.07) is 11.5. The van der Waals surface area contributed by atoms with E-state index in [9.17, 15) is 4.79 Å². The third-order valence-electron chi connectivity index (χ3n) is 5.76. The molecule has 0 spiro atoms. The highest BCUT2D eigenvalue weighted by Crippen LogP contribution is 2.17. The molecule has 2 fully saturated rings. The summed E-state index contributed by atoms with van der Waals surface area (Å²) >= 11 is 0. The summed E-state index contributed by atoms with van der Waals surface area (Å²) in [5, 5.41) is 3.10. The van der Waals surface area contributed by atoms with Crippen molar-refractivity contribution in [2.24, 2.45) is 0 Å². The molecule has 2 saturated heterocycles. The molecule has 0 saturated carbocycles. The lowest BCUT2D eigenvalue weighted by Crippen LogP contribution is -3.15. The Morgan fingerprint density at radius 3 is 2.73 bits per heavy atom. The Labute approximate surface area is 177 Å². The molecule has 30 heavy (non-hydrogen) atoms. The van der Waals surface area contributed by atoms with Crippen LogP contribution in [-0.2, 0) is 9.47 Å². The fourth-order valence-electron chi connectivity index (χ4n) is 4.03. The third-order valence-corrected chi connectivity index (χ3v) is 5.76. The van der Waals surface area contributed by atoms with Crippen LogP contribution >= 0.6 is 0 Å². The molecule has 2 aromatic rings. The average Bonchev–Trinajstić information content (AvgIpc) is 3.33. The lowest BCUT2D eigenvalue weighted by Gasteiger charge is -2.31. The predicted octanol–water partition coefficient (Wildman–Crippen LogP) is 1.03. The number of hydrogen-bond acceptors (Lipinski definition) is 5. The molecule has 0 unspecified atom stereocenters. The predicted molar refractivity (Wildman–Crippen MR) is 112 cm³/mol. The van der Waals surface area contributed by atoms with E-state index in [0.29, 0.717) is 18.7 Å². The van der Waals surface area contributed by atoms with Gasteiger partial charge in [-0.05, 0) is 49.2 Å². The van der Waals surface area contributed by atoms with Crippen molar-refractivity contribution < 1.29 is 23.9 Å². The van der Waals surface area contributed by atoms with Crippen molar-refractivity contribution in [2.75, 3.05) is 46.1 Å². The van der Waals surface area contributed by atoms with Gasteiger partial charge >= 0.3 is 0 Å². The van der Waals surface area contributed by atoms with Crippen molar-refractivity contribution in [2.45, 2.75) is 25.0 Å². The van der Waals surface area contributed by atoms with Gasteiger partial charge in [-0.3, -0.25) is 9.78 Å². The molecule has 2 aliphatic heterocycles. The Bertz CT molecular complexity index is 788. The van der Waals surface area contributed by atoms with Crippen molar-refractivity contribution in [3.8, 4) is 5.75 Å². The molecule has 4 rings (SSSR count). The highest BCUT2D eigenvalue weighted by atomic mass is 16.5. The van der Waals surface area contributed by atoms with Crippen LogP contribution in [0.1, 0.15) is 34.8 Å². The molecule has 2 N–H and O–H groups in total. The fraction of sp³-hybridized carbons (Fsp3) is 0.478. The van der Waals surface area contributed by atoms with E-state index in [4.69, 9.17) is 14.2 Å². The van der Waals surface area contributed by atoms with Crippen LogP contribution in [0, 0.1) is 0 Å². The van der Waals surface area contributed by atoms with E-state index in [1.807, 2.05) is 24.4 Å². The minimum Gasteiger partial charge on any atom is -0.491 e. The molecule has 2 aliphatic rings. The molecule has 1 aromatic heterocycles. The number of nitrogens with one attached hydrogen (secondary N) is 2. The second-order valence-corrected chi connectivity index (χ2v) is 7.79. The summed E-state index contributed by atoms with van der Waals surface area (Å²) in [4.78, 5) is 18.4. The van der Waals surface area contributed by atoms with Crippen molar-refractivity contribution in [1.29, 1.82) is 0 Å². The van der Waals surface area contributed by atoms with E-state index < -0.39 is 0 Å². The number of pyridine rings is 1. The second-order valence-electron chi connectivity index (χ2n) is 7.79. The summed E-state index contributed by atoms with van der Waals surface area (Å²) in [6.07, 6.45) is 5.98. The maximum atomic E-state index is 12.7. The minimum atomic E-state index is -0.0813. The first kappa shape index (κ1) is 20.8. The van der Waals surface area contributed by atoms with Crippen LogP contribution in [0.4, 0.5) is 0 Å². The molecule has 1 amide bonds. The van der Waals surface area contributed by atoms with Crippen molar-refractivity contribution in [3.05, 3.63) is 59.9 Å². The van der Waals surface area contributed by atoms with Gasteiger partial charge in [-0.2, -0.15) is 0 Å². The SMILES string of the molecule is O=C(NC[C@@H](c1cccnc1)[NH+]1CCOCC1)c1ccc(OC[C@H]2CCCO2)cc1. The number of hydrogen-bond donors (Lipinski definition) is 2. The van der Waals surface area contributed by atoms with Crippen LogP contribution in [0.25, 0.3) is 0 Å². The molecular formula is C23H30N3O4+. The second kappa shape index (κ2) is 10.5. The van der Waals surface area contributed by atoms with E-state index in [0.717, 1.165) is 57.1 Å². The maximum absolute atomic E-state index is 12.7. The number of ether oxygens (including phenoxy) is 3. The summed E-state index contributed by atoms with van der Waals surface area (Å²) < 4.78 is 16.9. The van der Waals surface area contributed by atoms with Crippen LogP contribution in [0.5, 0.6) is 5.75 Å². The van der Waals surface area contributed by atoms with E-state index in [-0.39, 0.29) is 18.1 Å². The summed E-state index contributed by atoms with van der Waals surface area (Å²) in [5.74, 6) is 0.676. The summed E-state index contributed by atoms with van der Waals surface area (Å²) in [5.41, 5.74) is 1.76. The number of carbonyl (C=O) groups is 1. The van der Waals surface area contributed by atoms with Gasteiger partial charge < -0.3 is 24.4 Å². The monoisotopic (exact) mass is 412 g/mol. The Balaban J connectivity index is 1.33. The maximum Gasteiger partial charge on any atom is 0.251 e. The molecule has 3 heterocycles. The normalized spacial score (nSPS) is 20.6. The Morgan fingerprint density at radius 2 is 2.03 bits per heavy atom. The van der Waals surface area contributed by atoms with Crippen LogP contribution in [0.15, 0.2) is 48.8 Å². The van der Waals surface area contributed by atoms with Crippen LogP contribution < -0.4 is 15.0 Å². The molecule has 2 atom stereocenters. The molecule has 0 aliphatic carbocycles. The molecule has 7 nitrogen and oxygen atoms in total. The molecule has 7 heteroatoms. The highest BCUT2D eigenvalue weighted by molar-refractivity contribution is 5.94. The highest BCUT2D eigenvalue weighted by Gasteiger charge is 2.27. The lowest BCUT2D eigenvalue weighted by molar-refractivity contribution is -0.937. The smallest absolute Gasteiger partial charge is 0.251 e. The van der Waals surface area contributed by atoms with Crippen molar-refractivity contribution >= 4 is 5.91 Å². The zero-order chi connectivity index (χ0) is 20.6. The third kappa shape index (κ3) is 5.56. The van der Waals surface area contributed by atoms with Crippen molar-refractivity contribution in [3.63, 3.8) is 0 Å². The number of carbonyl (C=O) groups excluding carboxylic acids is 1. The number of nitrogens with zero attached hydrogens (tertiary/aromatic N) is 1. The van der Waals surface area contributed by atoms with Gasteiger partial charge in [0.05, 0.1) is 25.9 Å². The molecular weight excluding hydrogens is 382 g/mol. The van der Waals surface area contributed by atoms with Crippen LogP contribution in [-0.4, -0.2) is 63.1 Å².